The van der Waals surface area contributed by atoms with E-state index in [0.29, 0.717) is 4.90 Å². The lowest BCUT2D eigenvalue weighted by Gasteiger charge is -2.26. The highest BCUT2D eigenvalue weighted by Gasteiger charge is 2.42. The third-order valence-electron chi connectivity index (χ3n) is 3.59. The van der Waals surface area contributed by atoms with Crippen molar-refractivity contribution in [2.75, 3.05) is 6.54 Å². The molecule has 1 aromatic rings. The highest BCUT2D eigenvalue weighted by Crippen LogP contribution is 2.35. The predicted octanol–water partition coefficient (Wildman–Crippen LogP) is 2.94. The highest BCUT2D eigenvalue weighted by molar-refractivity contribution is 8.00. The van der Waals surface area contributed by atoms with Gasteiger partial charge >= 0.3 is 18.0 Å². The summed E-state index contributed by atoms with van der Waals surface area (Å²) in [5, 5.41) is 18.4. The Hall–Kier alpha value is -2.22. The number of amides is 1. The van der Waals surface area contributed by atoms with Crippen LogP contribution in [-0.2, 0) is 9.53 Å². The average molecular weight is 367 g/mol. The summed E-state index contributed by atoms with van der Waals surface area (Å²) < 4.78 is 5.28. The Morgan fingerprint density at radius 1 is 1.20 bits per heavy atom. The van der Waals surface area contributed by atoms with Gasteiger partial charge in [0.15, 0.2) is 0 Å². The summed E-state index contributed by atoms with van der Waals surface area (Å²) in [5.74, 6) is -2.14. The Bertz CT molecular complexity index is 684. The van der Waals surface area contributed by atoms with E-state index in [1.807, 2.05) is 0 Å². The van der Waals surface area contributed by atoms with E-state index in [4.69, 9.17) is 4.74 Å². The van der Waals surface area contributed by atoms with Crippen LogP contribution in [0.25, 0.3) is 0 Å². The smallest absolute Gasteiger partial charge is 0.411 e. The van der Waals surface area contributed by atoms with E-state index in [9.17, 15) is 24.6 Å². The molecule has 7 nitrogen and oxygen atoms in total. The van der Waals surface area contributed by atoms with E-state index < -0.39 is 29.7 Å². The molecule has 0 spiro atoms. The quantitative estimate of drug-likeness (QED) is 0.843. The second kappa shape index (κ2) is 7.35. The van der Waals surface area contributed by atoms with Crippen LogP contribution in [-0.4, -0.2) is 56.6 Å². The molecule has 25 heavy (non-hydrogen) atoms. The first kappa shape index (κ1) is 19.1. The molecule has 8 heteroatoms. The van der Waals surface area contributed by atoms with E-state index in [-0.39, 0.29) is 23.8 Å². The van der Waals surface area contributed by atoms with Gasteiger partial charge in [0.05, 0.1) is 5.56 Å². The maximum Gasteiger partial charge on any atom is 0.411 e. The molecule has 1 fully saturated rings. The van der Waals surface area contributed by atoms with Crippen molar-refractivity contribution >= 4 is 29.8 Å². The topological polar surface area (TPSA) is 104 Å². The van der Waals surface area contributed by atoms with E-state index in [2.05, 4.69) is 0 Å². The molecular formula is C17H21NO6S. The summed E-state index contributed by atoms with van der Waals surface area (Å²) in [7, 11) is 0. The number of nitrogens with zero attached hydrogens (tertiary/aromatic N) is 1. The van der Waals surface area contributed by atoms with E-state index in [1.54, 1.807) is 39.0 Å². The molecule has 0 aliphatic carbocycles. The fourth-order valence-electron chi connectivity index (χ4n) is 2.56. The van der Waals surface area contributed by atoms with Crippen LogP contribution in [0.5, 0.6) is 0 Å². The Labute approximate surface area is 150 Å². The van der Waals surface area contributed by atoms with Gasteiger partial charge in [0.2, 0.25) is 0 Å². The summed E-state index contributed by atoms with van der Waals surface area (Å²) in [6.45, 7) is 5.33. The number of aromatic carboxylic acids is 1. The molecule has 0 radical (unpaired) electrons. The average Bonchev–Trinajstić information content (AvgIpc) is 2.90. The Morgan fingerprint density at radius 3 is 2.40 bits per heavy atom. The molecule has 2 rings (SSSR count). The number of carbonyl (C=O) groups is 3. The van der Waals surface area contributed by atoms with Gasteiger partial charge < -0.3 is 14.9 Å². The zero-order chi connectivity index (χ0) is 18.8. The number of aliphatic carboxylic acids is 1. The summed E-state index contributed by atoms with van der Waals surface area (Å²) >= 11 is 1.27. The lowest BCUT2D eigenvalue weighted by atomic mass is 10.2. The van der Waals surface area contributed by atoms with Crippen molar-refractivity contribution in [1.29, 1.82) is 0 Å². The number of carbonyl (C=O) groups excluding carboxylic acids is 1. The number of thioether (sulfide) groups is 1. The van der Waals surface area contributed by atoms with Gasteiger partial charge in [-0.15, -0.1) is 11.8 Å². The van der Waals surface area contributed by atoms with Crippen LogP contribution in [0.4, 0.5) is 4.79 Å². The van der Waals surface area contributed by atoms with Crippen LogP contribution in [0.2, 0.25) is 0 Å². The normalized spacial score (nSPS) is 20.4. The number of hydrogen-bond acceptors (Lipinski definition) is 5. The molecule has 1 aromatic carbocycles. The van der Waals surface area contributed by atoms with Crippen LogP contribution in [0.3, 0.4) is 0 Å². The molecule has 0 saturated carbocycles. The Morgan fingerprint density at radius 2 is 1.84 bits per heavy atom. The third-order valence-corrected chi connectivity index (χ3v) is 4.87. The van der Waals surface area contributed by atoms with Crippen molar-refractivity contribution in [3.8, 4) is 0 Å². The molecule has 1 amide bonds. The molecule has 1 heterocycles. The molecular weight excluding hydrogens is 346 g/mol. The predicted molar refractivity (Wildman–Crippen MR) is 92.0 cm³/mol. The standard InChI is InChI=1S/C17H21NO6S/c1-17(2,3)24-16(23)18-9-10(8-12(18)15(21)22)25-13-7-5-4-6-11(13)14(19)20/h4-7,10,12H,8-9H2,1-3H3,(H,19,20)(H,21,22)/t10-,12+/m1/s1. The van der Waals surface area contributed by atoms with Crippen molar-refractivity contribution in [1.82, 2.24) is 4.90 Å². The van der Waals surface area contributed by atoms with Gasteiger partial charge in [0.1, 0.15) is 11.6 Å². The molecule has 0 bridgehead atoms. The number of hydrogen-bond donors (Lipinski definition) is 2. The number of benzene rings is 1. The maximum atomic E-state index is 12.3. The minimum Gasteiger partial charge on any atom is -0.480 e. The molecule has 136 valence electrons. The molecule has 0 aromatic heterocycles. The van der Waals surface area contributed by atoms with Crippen LogP contribution in [0.15, 0.2) is 29.2 Å². The molecule has 1 aliphatic rings. The first-order valence-corrected chi connectivity index (χ1v) is 8.68. The largest absolute Gasteiger partial charge is 0.480 e. The van der Waals surface area contributed by atoms with Gasteiger partial charge in [-0.3, -0.25) is 4.90 Å². The van der Waals surface area contributed by atoms with Gasteiger partial charge in [-0.25, -0.2) is 14.4 Å². The lowest BCUT2D eigenvalue weighted by Crippen LogP contribution is -2.43. The number of ether oxygens (including phenoxy) is 1. The number of carboxylic acid groups (broad SMARTS) is 2. The third kappa shape index (κ3) is 4.88. The molecule has 1 aliphatic heterocycles. The van der Waals surface area contributed by atoms with Gasteiger partial charge in [-0.1, -0.05) is 12.1 Å². The zero-order valence-corrected chi connectivity index (χ0v) is 15.1. The minimum absolute atomic E-state index is 0.162. The fraction of sp³-hybridized carbons (Fsp3) is 0.471. The first-order valence-electron chi connectivity index (χ1n) is 7.80. The van der Waals surface area contributed by atoms with Crippen LogP contribution >= 0.6 is 11.8 Å². The second-order valence-electron chi connectivity index (χ2n) is 6.76. The van der Waals surface area contributed by atoms with Crippen LogP contribution in [0.1, 0.15) is 37.6 Å². The van der Waals surface area contributed by atoms with Gasteiger partial charge in [0, 0.05) is 16.7 Å². The minimum atomic E-state index is -1.10. The lowest BCUT2D eigenvalue weighted by molar-refractivity contribution is -0.142. The molecule has 2 atom stereocenters. The monoisotopic (exact) mass is 367 g/mol. The number of rotatable bonds is 4. The van der Waals surface area contributed by atoms with Crippen molar-refractivity contribution in [2.24, 2.45) is 0 Å². The fourth-order valence-corrected chi connectivity index (χ4v) is 3.88. The van der Waals surface area contributed by atoms with Crippen LogP contribution < -0.4 is 0 Å². The highest BCUT2D eigenvalue weighted by atomic mass is 32.2. The summed E-state index contributed by atoms with van der Waals surface area (Å²) in [6.07, 6.45) is -0.442. The maximum absolute atomic E-state index is 12.3. The molecule has 2 N–H and O–H groups in total. The second-order valence-corrected chi connectivity index (χ2v) is 8.11. The molecule has 0 unspecified atom stereocenters. The molecule has 1 saturated heterocycles. The van der Waals surface area contributed by atoms with Gasteiger partial charge in [-0.2, -0.15) is 0 Å². The first-order chi connectivity index (χ1) is 11.6. The van der Waals surface area contributed by atoms with Crippen molar-refractivity contribution in [2.45, 2.75) is 49.0 Å². The summed E-state index contributed by atoms with van der Waals surface area (Å²) in [5.41, 5.74) is -0.559. The number of likely N-dealkylation sites (tertiary alicyclic amines) is 1. The van der Waals surface area contributed by atoms with E-state index in [1.165, 1.54) is 22.7 Å². The van der Waals surface area contributed by atoms with E-state index >= 15 is 0 Å². The summed E-state index contributed by atoms with van der Waals surface area (Å²) in [4.78, 5) is 36.8. The Balaban J connectivity index is 2.16. The van der Waals surface area contributed by atoms with Gasteiger partial charge in [-0.05, 0) is 39.3 Å². The zero-order valence-electron chi connectivity index (χ0n) is 14.3. The van der Waals surface area contributed by atoms with E-state index in [0.717, 1.165) is 0 Å². The number of carboxylic acids is 2. The SMILES string of the molecule is CC(C)(C)OC(=O)N1C[C@H](Sc2ccccc2C(=O)O)C[C@H]1C(=O)O. The van der Waals surface area contributed by atoms with Gasteiger partial charge in [0.25, 0.3) is 0 Å². The van der Waals surface area contributed by atoms with Crippen molar-refractivity contribution < 1.29 is 29.3 Å². The van der Waals surface area contributed by atoms with Crippen LogP contribution in [0, 0.1) is 0 Å². The van der Waals surface area contributed by atoms with Crippen molar-refractivity contribution in [3.05, 3.63) is 29.8 Å². The Kier molecular flexibility index (Phi) is 5.62. The van der Waals surface area contributed by atoms with Crippen molar-refractivity contribution in [3.63, 3.8) is 0 Å². The summed E-state index contributed by atoms with van der Waals surface area (Å²) in [6, 6.07) is 5.56.